The number of allylic oxidation sites excluding steroid dienone is 1. The molecule has 164 valence electrons. The topological polar surface area (TPSA) is 59.0 Å². The van der Waals surface area contributed by atoms with Crippen molar-refractivity contribution in [1.29, 1.82) is 0 Å². The number of carbonyl (C=O) groups is 1. The molecule has 2 aliphatic rings. The summed E-state index contributed by atoms with van der Waals surface area (Å²) in [4.78, 5) is 28.2. The van der Waals surface area contributed by atoms with Crippen molar-refractivity contribution < 1.29 is 9.18 Å². The second-order valence-corrected chi connectivity index (χ2v) is 8.76. The van der Waals surface area contributed by atoms with Crippen LogP contribution in [-0.2, 0) is 17.6 Å². The molecule has 0 N–H and O–H groups in total. The van der Waals surface area contributed by atoms with Crippen LogP contribution in [0.3, 0.4) is 0 Å². The molecule has 2 heterocycles. The third-order valence-electron chi connectivity index (χ3n) is 6.54. The van der Waals surface area contributed by atoms with E-state index in [1.54, 1.807) is 6.20 Å². The average molecular weight is 443 g/mol. The molecular formula is C24H28ClFN4O. The summed E-state index contributed by atoms with van der Waals surface area (Å²) in [6.07, 6.45) is 9.91. The van der Waals surface area contributed by atoms with Crippen LogP contribution in [0.2, 0.25) is 5.02 Å². The van der Waals surface area contributed by atoms with E-state index in [-0.39, 0.29) is 17.7 Å². The molecule has 1 fully saturated rings. The molecule has 0 radical (unpaired) electrons. The van der Waals surface area contributed by atoms with Crippen molar-refractivity contribution in [3.63, 3.8) is 0 Å². The molecule has 0 aliphatic heterocycles. The van der Waals surface area contributed by atoms with Gasteiger partial charge in [0.15, 0.2) is 11.6 Å². The lowest BCUT2D eigenvalue weighted by Crippen LogP contribution is -2.40. The summed E-state index contributed by atoms with van der Waals surface area (Å²) in [6.45, 7) is 5.41. The molecule has 0 saturated heterocycles. The highest BCUT2D eigenvalue weighted by Gasteiger charge is 2.34. The Morgan fingerprint density at radius 1 is 1.19 bits per heavy atom. The smallest absolute Gasteiger partial charge is 0.225 e. The first-order chi connectivity index (χ1) is 15.0. The third kappa shape index (κ3) is 4.49. The Kier molecular flexibility index (Phi) is 6.65. The molecule has 7 heteroatoms. The van der Waals surface area contributed by atoms with E-state index in [0.29, 0.717) is 42.5 Å². The summed E-state index contributed by atoms with van der Waals surface area (Å²) in [5.41, 5.74) is 3.05. The monoisotopic (exact) mass is 442 g/mol. The highest BCUT2D eigenvalue weighted by molar-refractivity contribution is 6.30. The number of nitrogens with zero attached hydrogens (tertiary/aromatic N) is 4. The molecular weight excluding hydrogens is 415 g/mol. The number of rotatable bonds is 6. The van der Waals surface area contributed by atoms with Crippen LogP contribution >= 0.6 is 11.6 Å². The van der Waals surface area contributed by atoms with E-state index in [4.69, 9.17) is 11.6 Å². The molecule has 2 atom stereocenters. The van der Waals surface area contributed by atoms with Gasteiger partial charge >= 0.3 is 0 Å². The van der Waals surface area contributed by atoms with Gasteiger partial charge in [0.25, 0.3) is 0 Å². The van der Waals surface area contributed by atoms with Gasteiger partial charge in [-0.3, -0.25) is 9.78 Å². The van der Waals surface area contributed by atoms with E-state index < -0.39 is 5.82 Å². The number of fused-ring (bicyclic) bond motifs is 1. The van der Waals surface area contributed by atoms with Crippen LogP contribution in [0.15, 0.2) is 24.5 Å². The zero-order valence-electron chi connectivity index (χ0n) is 18.1. The molecule has 5 nitrogen and oxygen atoms in total. The molecule has 2 aliphatic carbocycles. The number of carbonyl (C=O) groups excluding carboxylic acids is 1. The van der Waals surface area contributed by atoms with Crippen LogP contribution < -0.4 is 0 Å². The lowest BCUT2D eigenvalue weighted by molar-refractivity contribution is -0.138. The maximum atomic E-state index is 14.7. The highest BCUT2D eigenvalue weighted by atomic mass is 35.5. The predicted molar refractivity (Wildman–Crippen MR) is 119 cm³/mol. The predicted octanol–water partition coefficient (Wildman–Crippen LogP) is 4.87. The highest BCUT2D eigenvalue weighted by Crippen LogP contribution is 2.35. The van der Waals surface area contributed by atoms with Gasteiger partial charge in [0, 0.05) is 42.8 Å². The minimum Gasteiger partial charge on any atom is -0.343 e. The van der Waals surface area contributed by atoms with Crippen LogP contribution in [0.1, 0.15) is 62.3 Å². The molecule has 1 amide bonds. The zero-order chi connectivity index (χ0) is 22.0. The molecule has 1 saturated carbocycles. The van der Waals surface area contributed by atoms with Crippen LogP contribution in [0.5, 0.6) is 0 Å². The van der Waals surface area contributed by atoms with Gasteiger partial charge in [-0.15, -0.1) is 0 Å². The lowest BCUT2D eigenvalue weighted by atomic mass is 9.76. The van der Waals surface area contributed by atoms with Crippen molar-refractivity contribution in [3.05, 3.63) is 58.2 Å². The van der Waals surface area contributed by atoms with E-state index in [1.165, 1.54) is 6.20 Å². The first-order valence-electron chi connectivity index (χ1n) is 11.2. The summed E-state index contributed by atoms with van der Waals surface area (Å²) in [7, 11) is 0. The molecule has 0 spiro atoms. The van der Waals surface area contributed by atoms with Gasteiger partial charge < -0.3 is 4.90 Å². The Labute approximate surface area is 187 Å². The molecule has 31 heavy (non-hydrogen) atoms. The summed E-state index contributed by atoms with van der Waals surface area (Å²) >= 11 is 6.13. The second kappa shape index (κ2) is 9.43. The number of pyridine rings is 1. The van der Waals surface area contributed by atoms with Gasteiger partial charge in [-0.2, -0.15) is 0 Å². The van der Waals surface area contributed by atoms with Crippen molar-refractivity contribution in [2.24, 2.45) is 11.8 Å². The average Bonchev–Trinajstić information content (AvgIpc) is 3.19. The number of hydrogen-bond donors (Lipinski definition) is 0. The summed E-state index contributed by atoms with van der Waals surface area (Å²) in [5.74, 6) is 0.298. The first-order valence-corrected chi connectivity index (χ1v) is 11.5. The molecule has 4 rings (SSSR count). The van der Waals surface area contributed by atoms with Gasteiger partial charge in [-0.25, -0.2) is 14.4 Å². The Morgan fingerprint density at radius 2 is 1.97 bits per heavy atom. The Morgan fingerprint density at radius 3 is 2.74 bits per heavy atom. The van der Waals surface area contributed by atoms with Crippen LogP contribution in [0.25, 0.3) is 5.57 Å². The van der Waals surface area contributed by atoms with Crippen molar-refractivity contribution in [1.82, 2.24) is 19.9 Å². The van der Waals surface area contributed by atoms with Crippen LogP contribution in [-0.4, -0.2) is 38.8 Å². The Bertz CT molecular complexity index is 1010. The number of aromatic nitrogens is 3. The molecule has 2 aromatic rings. The zero-order valence-corrected chi connectivity index (χ0v) is 18.8. The van der Waals surface area contributed by atoms with Crippen LogP contribution in [0, 0.1) is 17.7 Å². The van der Waals surface area contributed by atoms with Gasteiger partial charge in [-0.1, -0.05) is 30.5 Å². The SMILES string of the molecule is CCN(CC)C(=O)[C@H]1CCCC[C@@H]1Cc1nc(C2=CCc3ncc(Cl)cc32)ncc1F. The summed E-state index contributed by atoms with van der Waals surface area (Å²) in [6, 6.07) is 1.86. The quantitative estimate of drug-likeness (QED) is 0.640. The van der Waals surface area contributed by atoms with E-state index in [2.05, 4.69) is 15.0 Å². The second-order valence-electron chi connectivity index (χ2n) is 8.32. The van der Waals surface area contributed by atoms with E-state index in [9.17, 15) is 9.18 Å². The van der Waals surface area contributed by atoms with E-state index in [0.717, 1.165) is 42.5 Å². The molecule has 0 aromatic carbocycles. The largest absolute Gasteiger partial charge is 0.343 e. The van der Waals surface area contributed by atoms with Crippen molar-refractivity contribution in [2.45, 2.75) is 52.4 Å². The van der Waals surface area contributed by atoms with Gasteiger partial charge in [0.1, 0.15) is 0 Å². The van der Waals surface area contributed by atoms with E-state index >= 15 is 0 Å². The Hall–Kier alpha value is -2.34. The lowest BCUT2D eigenvalue weighted by Gasteiger charge is -2.34. The minimum absolute atomic E-state index is 0.0686. The Balaban J connectivity index is 1.59. The maximum Gasteiger partial charge on any atom is 0.225 e. The van der Waals surface area contributed by atoms with Gasteiger partial charge in [-0.05, 0) is 45.1 Å². The normalized spacial score (nSPS) is 20.3. The van der Waals surface area contributed by atoms with Crippen molar-refractivity contribution in [2.75, 3.05) is 13.1 Å². The third-order valence-corrected chi connectivity index (χ3v) is 6.75. The fraction of sp³-hybridized carbons (Fsp3) is 0.500. The summed E-state index contributed by atoms with van der Waals surface area (Å²) in [5, 5.41) is 0.550. The van der Waals surface area contributed by atoms with Gasteiger partial charge in [0.2, 0.25) is 5.91 Å². The van der Waals surface area contributed by atoms with Crippen LogP contribution in [0.4, 0.5) is 4.39 Å². The minimum atomic E-state index is -0.411. The number of amides is 1. The first kappa shape index (κ1) is 21.9. The fourth-order valence-corrected chi connectivity index (χ4v) is 5.01. The summed E-state index contributed by atoms with van der Waals surface area (Å²) < 4.78 is 14.7. The fourth-order valence-electron chi connectivity index (χ4n) is 4.85. The number of hydrogen-bond acceptors (Lipinski definition) is 4. The van der Waals surface area contributed by atoms with Crippen molar-refractivity contribution >= 4 is 23.1 Å². The standard InChI is InChI=1S/C24H28ClFN4O/c1-3-30(4-2)24(31)17-8-6-5-7-15(17)11-22-20(26)14-28-23(29-22)18-9-10-21-19(18)12-16(25)13-27-21/h9,12-15,17H,3-8,10-11H2,1-2H3/t15-,17+/m1/s1. The molecule has 2 aromatic heterocycles. The maximum absolute atomic E-state index is 14.7. The van der Waals surface area contributed by atoms with Crippen molar-refractivity contribution in [3.8, 4) is 0 Å². The number of halogens is 2. The van der Waals surface area contributed by atoms with Gasteiger partial charge in [0.05, 0.1) is 22.6 Å². The van der Waals surface area contributed by atoms with E-state index in [1.807, 2.05) is 30.9 Å². The molecule has 0 unspecified atom stereocenters. The molecule has 0 bridgehead atoms.